The van der Waals surface area contributed by atoms with Crippen molar-refractivity contribution in [1.82, 2.24) is 10.3 Å². The highest BCUT2D eigenvalue weighted by atomic mass is 16.4. The average molecular weight is 261 g/mol. The molecule has 0 atom stereocenters. The van der Waals surface area contributed by atoms with Gasteiger partial charge in [0.15, 0.2) is 5.58 Å². The molecule has 2 aromatic rings. The van der Waals surface area contributed by atoms with Gasteiger partial charge in [0, 0.05) is 24.2 Å². The lowest BCUT2D eigenvalue weighted by Crippen LogP contribution is -2.44. The van der Waals surface area contributed by atoms with Crippen molar-refractivity contribution in [3.8, 4) is 0 Å². The monoisotopic (exact) mass is 261 g/mol. The van der Waals surface area contributed by atoms with Crippen LogP contribution in [0.4, 0.5) is 5.69 Å². The van der Waals surface area contributed by atoms with Gasteiger partial charge in [0.25, 0.3) is 0 Å². The smallest absolute Gasteiger partial charge is 0.408 e. The largest absolute Gasteiger partial charge is 0.417 e. The Morgan fingerprint density at radius 3 is 2.89 bits per heavy atom. The number of fused-ring (bicyclic) bond motifs is 1. The van der Waals surface area contributed by atoms with Gasteiger partial charge >= 0.3 is 5.76 Å². The summed E-state index contributed by atoms with van der Waals surface area (Å²) in [5.74, 6) is -0.405. The molecule has 3 N–H and O–H groups in total. The van der Waals surface area contributed by atoms with Crippen molar-refractivity contribution in [3.05, 3.63) is 28.7 Å². The van der Waals surface area contributed by atoms with Crippen LogP contribution in [0.1, 0.15) is 19.3 Å². The number of anilines is 1. The van der Waals surface area contributed by atoms with E-state index in [1.54, 1.807) is 0 Å². The summed E-state index contributed by atoms with van der Waals surface area (Å²) in [5.41, 5.74) is 2.75. The Bertz CT molecular complexity index is 625. The fraction of sp³-hybridized carbons (Fsp3) is 0.500. The van der Waals surface area contributed by atoms with Crippen molar-refractivity contribution < 1.29 is 4.42 Å². The van der Waals surface area contributed by atoms with Crippen molar-refractivity contribution in [1.29, 1.82) is 0 Å². The molecule has 0 aliphatic heterocycles. The average Bonchev–Trinajstić information content (AvgIpc) is 2.71. The van der Waals surface area contributed by atoms with E-state index in [1.807, 2.05) is 25.2 Å². The Hall–Kier alpha value is -1.75. The lowest BCUT2D eigenvalue weighted by molar-refractivity contribution is 0.151. The van der Waals surface area contributed by atoms with Crippen LogP contribution >= 0.6 is 0 Å². The van der Waals surface area contributed by atoms with Gasteiger partial charge in [-0.05, 0) is 38.1 Å². The zero-order valence-electron chi connectivity index (χ0n) is 11.1. The predicted octanol–water partition coefficient (Wildman–Crippen LogP) is 1.92. The molecule has 3 rings (SSSR count). The summed E-state index contributed by atoms with van der Waals surface area (Å²) >= 11 is 0. The number of rotatable bonds is 5. The van der Waals surface area contributed by atoms with Crippen LogP contribution in [0.2, 0.25) is 0 Å². The maximum absolute atomic E-state index is 11.1. The van der Waals surface area contributed by atoms with Crippen molar-refractivity contribution in [2.24, 2.45) is 5.41 Å². The van der Waals surface area contributed by atoms with E-state index in [2.05, 4.69) is 15.6 Å². The fourth-order valence-corrected chi connectivity index (χ4v) is 2.82. The predicted molar refractivity (Wildman–Crippen MR) is 75.5 cm³/mol. The van der Waals surface area contributed by atoms with Gasteiger partial charge in [-0.2, -0.15) is 0 Å². The number of hydrogen-bond acceptors (Lipinski definition) is 4. The Kier molecular flexibility index (Phi) is 3.06. The van der Waals surface area contributed by atoms with Crippen molar-refractivity contribution >= 4 is 16.8 Å². The van der Waals surface area contributed by atoms with Crippen LogP contribution in [0.25, 0.3) is 11.1 Å². The van der Waals surface area contributed by atoms with Crippen LogP contribution in [0.5, 0.6) is 0 Å². The molecule has 19 heavy (non-hydrogen) atoms. The first kappa shape index (κ1) is 12.3. The lowest BCUT2D eigenvalue weighted by atomic mass is 9.68. The third-order valence-corrected chi connectivity index (χ3v) is 4.05. The summed E-state index contributed by atoms with van der Waals surface area (Å²) in [7, 11) is 2.00. The minimum Gasteiger partial charge on any atom is -0.408 e. The molecule has 0 saturated heterocycles. The van der Waals surface area contributed by atoms with Gasteiger partial charge in [-0.15, -0.1) is 0 Å². The van der Waals surface area contributed by atoms with Gasteiger partial charge in [-0.25, -0.2) is 4.79 Å². The minimum absolute atomic E-state index is 0.382. The summed E-state index contributed by atoms with van der Waals surface area (Å²) in [6.07, 6.45) is 3.86. The topological polar surface area (TPSA) is 70.1 Å². The first-order valence-electron chi connectivity index (χ1n) is 6.72. The van der Waals surface area contributed by atoms with E-state index in [4.69, 9.17) is 4.42 Å². The molecule has 0 radical (unpaired) electrons. The van der Waals surface area contributed by atoms with Crippen molar-refractivity contribution in [2.45, 2.75) is 19.3 Å². The zero-order valence-corrected chi connectivity index (χ0v) is 11.1. The minimum atomic E-state index is -0.405. The second-order valence-corrected chi connectivity index (χ2v) is 5.46. The standard InChI is InChI=1S/C14H19N3O2/c1-15-8-14(5-2-6-14)9-16-10-3-4-12-11(7-10)17-13(18)19-12/h3-4,7,15-16H,2,5-6,8-9H2,1H3,(H,17,18). The summed E-state index contributed by atoms with van der Waals surface area (Å²) < 4.78 is 4.99. The number of nitrogens with one attached hydrogen (secondary N) is 3. The van der Waals surface area contributed by atoms with E-state index in [0.29, 0.717) is 11.0 Å². The van der Waals surface area contributed by atoms with Crippen LogP contribution in [0, 0.1) is 5.41 Å². The van der Waals surface area contributed by atoms with E-state index in [0.717, 1.165) is 24.3 Å². The summed E-state index contributed by atoms with van der Waals surface area (Å²) in [4.78, 5) is 13.8. The van der Waals surface area contributed by atoms with Crippen LogP contribution in [0.15, 0.2) is 27.4 Å². The first-order valence-corrected chi connectivity index (χ1v) is 6.72. The first-order chi connectivity index (χ1) is 9.21. The normalized spacial score (nSPS) is 17.3. The molecule has 1 aliphatic rings. The molecule has 1 aromatic carbocycles. The van der Waals surface area contributed by atoms with Crippen molar-refractivity contribution in [3.63, 3.8) is 0 Å². The molecular formula is C14H19N3O2. The lowest BCUT2D eigenvalue weighted by Gasteiger charge is -2.42. The molecule has 5 nitrogen and oxygen atoms in total. The molecule has 0 unspecified atom stereocenters. The number of aromatic amines is 1. The van der Waals surface area contributed by atoms with Crippen LogP contribution in [-0.2, 0) is 0 Å². The summed E-state index contributed by atoms with van der Waals surface area (Å²) in [6.45, 7) is 2.01. The van der Waals surface area contributed by atoms with Crippen LogP contribution in [0.3, 0.4) is 0 Å². The third kappa shape index (κ3) is 2.38. The van der Waals surface area contributed by atoms with Gasteiger partial charge < -0.3 is 15.1 Å². The SMILES string of the molecule is CNCC1(CNc2ccc3oc(=O)[nH]c3c2)CCC1. The molecule has 1 heterocycles. The highest BCUT2D eigenvalue weighted by Crippen LogP contribution is 2.40. The number of H-pyrrole nitrogens is 1. The van der Waals surface area contributed by atoms with Crippen LogP contribution < -0.4 is 16.4 Å². The number of aromatic nitrogens is 1. The highest BCUT2D eigenvalue weighted by molar-refractivity contribution is 5.76. The molecule has 102 valence electrons. The Balaban J connectivity index is 1.72. The second kappa shape index (κ2) is 4.74. The molecular weight excluding hydrogens is 242 g/mol. The number of hydrogen-bond donors (Lipinski definition) is 3. The van der Waals surface area contributed by atoms with E-state index in [9.17, 15) is 4.79 Å². The van der Waals surface area contributed by atoms with E-state index >= 15 is 0 Å². The van der Waals surface area contributed by atoms with E-state index < -0.39 is 5.76 Å². The highest BCUT2D eigenvalue weighted by Gasteiger charge is 2.35. The van der Waals surface area contributed by atoms with E-state index in [1.165, 1.54) is 19.3 Å². The quantitative estimate of drug-likeness (QED) is 0.769. The molecule has 1 aromatic heterocycles. The maximum Gasteiger partial charge on any atom is 0.417 e. The maximum atomic E-state index is 11.1. The van der Waals surface area contributed by atoms with Crippen LogP contribution in [-0.4, -0.2) is 25.1 Å². The molecule has 5 heteroatoms. The Morgan fingerprint density at radius 1 is 1.37 bits per heavy atom. The third-order valence-electron chi connectivity index (χ3n) is 4.05. The summed E-state index contributed by atoms with van der Waals surface area (Å²) in [5, 5.41) is 6.75. The number of oxazole rings is 1. The molecule has 1 saturated carbocycles. The van der Waals surface area contributed by atoms with Gasteiger partial charge in [-0.3, -0.25) is 4.98 Å². The van der Waals surface area contributed by atoms with Gasteiger partial charge in [0.05, 0.1) is 5.52 Å². The Morgan fingerprint density at radius 2 is 2.21 bits per heavy atom. The van der Waals surface area contributed by atoms with E-state index in [-0.39, 0.29) is 0 Å². The molecule has 0 spiro atoms. The second-order valence-electron chi connectivity index (χ2n) is 5.46. The van der Waals surface area contributed by atoms with Gasteiger partial charge in [0.1, 0.15) is 0 Å². The number of benzene rings is 1. The van der Waals surface area contributed by atoms with Gasteiger partial charge in [-0.1, -0.05) is 6.42 Å². The molecule has 1 aliphatic carbocycles. The Labute approximate surface area is 111 Å². The molecule has 1 fully saturated rings. The van der Waals surface area contributed by atoms with Crippen molar-refractivity contribution in [2.75, 3.05) is 25.5 Å². The zero-order chi connectivity index (χ0) is 13.3. The fourth-order valence-electron chi connectivity index (χ4n) is 2.82. The molecule has 0 bridgehead atoms. The van der Waals surface area contributed by atoms with Gasteiger partial charge in [0.2, 0.25) is 0 Å². The molecule has 0 amide bonds. The summed E-state index contributed by atoms with van der Waals surface area (Å²) in [6, 6.07) is 5.69.